The zero-order valence-electron chi connectivity index (χ0n) is 12.0. The number of hydrogen-bond donors (Lipinski definition) is 2. The fourth-order valence-corrected chi connectivity index (χ4v) is 2.96. The summed E-state index contributed by atoms with van der Waals surface area (Å²) in [5, 5.41) is 9.52. The van der Waals surface area contributed by atoms with Crippen LogP contribution in [0, 0.1) is 5.41 Å². The number of hydrogen-bond acceptors (Lipinski definition) is 5. The van der Waals surface area contributed by atoms with Crippen LogP contribution in [0.4, 0.5) is 0 Å². The summed E-state index contributed by atoms with van der Waals surface area (Å²) < 4.78 is 32.4. The van der Waals surface area contributed by atoms with Crippen LogP contribution >= 0.6 is 0 Å². The lowest BCUT2D eigenvalue weighted by molar-refractivity contribution is 0.159. The minimum atomic E-state index is -3.57. The third-order valence-corrected chi connectivity index (χ3v) is 4.46. The van der Waals surface area contributed by atoms with Gasteiger partial charge in [-0.1, -0.05) is 18.7 Å². The van der Waals surface area contributed by atoms with Crippen LogP contribution in [0.1, 0.15) is 25.0 Å². The highest BCUT2D eigenvalue weighted by atomic mass is 32.2. The van der Waals surface area contributed by atoms with Gasteiger partial charge in [0, 0.05) is 0 Å². The lowest BCUT2D eigenvalue weighted by Crippen LogP contribution is -2.27. The van der Waals surface area contributed by atoms with Crippen LogP contribution in [0.15, 0.2) is 34.9 Å². The second kappa shape index (κ2) is 5.07. The number of nitrogens with two attached hydrogens (primary N) is 1. The molecule has 0 spiro atoms. The summed E-state index contributed by atoms with van der Waals surface area (Å²) in [6.45, 7) is 7.26. The van der Waals surface area contributed by atoms with Crippen LogP contribution in [-0.4, -0.2) is 26.0 Å². The summed E-state index contributed by atoms with van der Waals surface area (Å²) >= 11 is 0. The molecule has 1 heterocycles. The zero-order chi connectivity index (χ0) is 15.8. The maximum atomic E-state index is 11.6. The van der Waals surface area contributed by atoms with Crippen LogP contribution in [0.3, 0.4) is 0 Å². The molecule has 1 aromatic carbocycles. The topological polar surface area (TPSA) is 102 Å². The predicted octanol–water partition coefficient (Wildman–Crippen LogP) is 1.71. The molecule has 0 radical (unpaired) electrons. The number of aliphatic hydroxyl groups excluding tert-OH is 1. The third kappa shape index (κ3) is 3.18. The summed E-state index contributed by atoms with van der Waals surface area (Å²) in [7, 11) is -3.57. The number of nitrogens with zero attached hydrogens (tertiary/aromatic N) is 1. The highest BCUT2D eigenvalue weighted by molar-refractivity contribution is 7.89. The number of amidine groups is 1. The number of benzene rings is 1. The molecule has 0 aromatic heterocycles. The highest BCUT2D eigenvalue weighted by Gasteiger charge is 2.27. The van der Waals surface area contributed by atoms with Gasteiger partial charge >= 0.3 is 0 Å². The van der Waals surface area contributed by atoms with E-state index in [4.69, 9.17) is 10.5 Å². The van der Waals surface area contributed by atoms with Crippen molar-refractivity contribution in [1.29, 1.82) is 0 Å². The van der Waals surface area contributed by atoms with E-state index in [-0.39, 0.29) is 24.0 Å². The maximum absolute atomic E-state index is 11.6. The van der Waals surface area contributed by atoms with E-state index in [0.29, 0.717) is 16.9 Å². The summed E-state index contributed by atoms with van der Waals surface area (Å²) in [6.07, 6.45) is 0. The van der Waals surface area contributed by atoms with Crippen molar-refractivity contribution in [2.75, 3.05) is 6.61 Å². The molecular weight excluding hydrogens is 292 g/mol. The second-order valence-electron chi connectivity index (χ2n) is 5.61. The van der Waals surface area contributed by atoms with E-state index in [1.165, 1.54) is 0 Å². The molecule has 0 bridgehead atoms. The molecule has 0 aliphatic carbocycles. The Kier molecular flexibility index (Phi) is 3.71. The predicted molar refractivity (Wildman–Crippen MR) is 80.8 cm³/mol. The van der Waals surface area contributed by atoms with E-state index in [2.05, 4.69) is 11.0 Å². The molecule has 0 saturated heterocycles. The summed E-state index contributed by atoms with van der Waals surface area (Å²) in [6, 6.07) is 5.07. The average molecular weight is 310 g/mol. The second-order valence-corrected chi connectivity index (χ2v) is 7.25. The average Bonchev–Trinajstić information content (AvgIpc) is 2.34. The molecule has 0 saturated carbocycles. The Morgan fingerprint density at radius 1 is 1.52 bits per heavy atom. The quantitative estimate of drug-likeness (QED) is 0.824. The molecule has 7 heteroatoms. The first kappa shape index (κ1) is 15.4. The molecule has 1 aliphatic rings. The van der Waals surface area contributed by atoms with Crippen molar-refractivity contribution >= 4 is 15.9 Å². The van der Waals surface area contributed by atoms with Crippen molar-refractivity contribution in [2.24, 2.45) is 15.5 Å². The Morgan fingerprint density at radius 3 is 2.81 bits per heavy atom. The lowest BCUT2D eigenvalue weighted by Gasteiger charge is -2.25. The number of fused-ring (bicyclic) bond motifs is 1. The van der Waals surface area contributed by atoms with Crippen LogP contribution in [-0.2, 0) is 15.8 Å². The molecule has 0 atom stereocenters. The molecule has 1 aliphatic heterocycles. The van der Waals surface area contributed by atoms with Gasteiger partial charge in [0.25, 0.3) is 10.0 Å². The van der Waals surface area contributed by atoms with Gasteiger partial charge in [0.2, 0.25) is 0 Å². The van der Waals surface area contributed by atoms with Gasteiger partial charge in [0.1, 0.15) is 18.2 Å². The monoisotopic (exact) mass is 310 g/mol. The largest absolute Gasteiger partial charge is 0.512 e. The van der Waals surface area contributed by atoms with Gasteiger partial charge in [0.05, 0.1) is 22.5 Å². The van der Waals surface area contributed by atoms with Gasteiger partial charge in [-0.25, -0.2) is 8.42 Å². The zero-order valence-corrected chi connectivity index (χ0v) is 12.8. The fourth-order valence-electron chi connectivity index (χ4n) is 1.87. The number of rotatable bonds is 4. The van der Waals surface area contributed by atoms with Crippen LogP contribution < -0.4 is 10.5 Å². The molecule has 0 unspecified atom stereocenters. The SMILES string of the molecule is C=C(O)C(C)(C)COc1cccc2c1C(N)=NS(=O)(=O)C2. The Hall–Kier alpha value is -2.02. The first-order valence-corrected chi connectivity index (χ1v) is 7.95. The van der Waals surface area contributed by atoms with Gasteiger partial charge in [-0.05, 0) is 25.5 Å². The molecule has 114 valence electrons. The third-order valence-electron chi connectivity index (χ3n) is 3.31. The number of ether oxygens (including phenoxy) is 1. The molecule has 3 N–H and O–H groups in total. The van der Waals surface area contributed by atoms with Crippen LogP contribution in [0.5, 0.6) is 5.75 Å². The van der Waals surface area contributed by atoms with Crippen LogP contribution in [0.2, 0.25) is 0 Å². The number of sulfonamides is 1. The molecule has 0 fully saturated rings. The van der Waals surface area contributed by atoms with Crippen molar-refractivity contribution in [3.8, 4) is 5.75 Å². The Morgan fingerprint density at radius 2 is 2.19 bits per heavy atom. The number of aliphatic hydroxyl groups is 1. The first-order chi connectivity index (χ1) is 9.62. The normalized spacial score (nSPS) is 16.8. The smallest absolute Gasteiger partial charge is 0.259 e. The van der Waals surface area contributed by atoms with E-state index in [1.54, 1.807) is 32.0 Å². The highest BCUT2D eigenvalue weighted by Crippen LogP contribution is 2.30. The lowest BCUT2D eigenvalue weighted by atomic mass is 9.93. The van der Waals surface area contributed by atoms with E-state index < -0.39 is 15.4 Å². The Bertz CT molecular complexity index is 720. The van der Waals surface area contributed by atoms with E-state index >= 15 is 0 Å². The van der Waals surface area contributed by atoms with Crippen LogP contribution in [0.25, 0.3) is 0 Å². The van der Waals surface area contributed by atoms with E-state index in [0.717, 1.165) is 0 Å². The molecule has 21 heavy (non-hydrogen) atoms. The molecule has 6 nitrogen and oxygen atoms in total. The minimum absolute atomic E-state index is 0.0107. The van der Waals surface area contributed by atoms with Gasteiger partial charge in [-0.3, -0.25) is 0 Å². The van der Waals surface area contributed by atoms with Crippen molar-refractivity contribution in [3.63, 3.8) is 0 Å². The molecular formula is C14H18N2O4S. The maximum Gasteiger partial charge on any atom is 0.259 e. The van der Waals surface area contributed by atoms with Gasteiger partial charge in [-0.2, -0.15) is 0 Å². The van der Waals surface area contributed by atoms with Crippen molar-refractivity contribution in [1.82, 2.24) is 0 Å². The Balaban J connectivity index is 2.35. The first-order valence-electron chi connectivity index (χ1n) is 6.34. The van der Waals surface area contributed by atoms with Gasteiger partial charge in [0.15, 0.2) is 0 Å². The van der Waals surface area contributed by atoms with Gasteiger partial charge < -0.3 is 15.6 Å². The van der Waals surface area contributed by atoms with Gasteiger partial charge in [-0.15, -0.1) is 4.40 Å². The summed E-state index contributed by atoms with van der Waals surface area (Å²) in [5.41, 5.74) is 6.16. The summed E-state index contributed by atoms with van der Waals surface area (Å²) in [5.74, 6) is 0.179. The minimum Gasteiger partial charge on any atom is -0.512 e. The summed E-state index contributed by atoms with van der Waals surface area (Å²) in [4.78, 5) is 0. The van der Waals surface area contributed by atoms with Crippen molar-refractivity contribution < 1.29 is 18.3 Å². The Labute approximate surface area is 124 Å². The standard InChI is InChI=1S/C14H18N2O4S/c1-9(17)14(2,3)8-20-11-6-4-5-10-7-21(18,19)16-13(15)12(10)11/h4-6,17H,1,7-8H2,2-3H3,(H2,15,16). The molecule has 2 rings (SSSR count). The van der Waals surface area contributed by atoms with Crippen molar-refractivity contribution in [3.05, 3.63) is 41.7 Å². The van der Waals surface area contributed by atoms with E-state index in [1.807, 2.05) is 0 Å². The molecule has 0 amide bonds. The van der Waals surface area contributed by atoms with E-state index in [9.17, 15) is 13.5 Å². The fraction of sp³-hybridized carbons (Fsp3) is 0.357. The molecule has 1 aromatic rings. The van der Waals surface area contributed by atoms with Crippen molar-refractivity contribution in [2.45, 2.75) is 19.6 Å².